The summed E-state index contributed by atoms with van der Waals surface area (Å²) < 4.78 is 30.4. The minimum atomic E-state index is -3.79. The lowest BCUT2D eigenvalue weighted by molar-refractivity contribution is -0.388. The molecule has 0 bridgehead atoms. The van der Waals surface area contributed by atoms with Crippen molar-refractivity contribution in [3.63, 3.8) is 0 Å². The average molecular weight is 490 g/mol. The predicted octanol–water partition coefficient (Wildman–Crippen LogP) is 4.42. The molecule has 5 rings (SSSR count). The van der Waals surface area contributed by atoms with Gasteiger partial charge in [0.1, 0.15) is 0 Å². The normalized spacial score (nSPS) is 16.2. The van der Waals surface area contributed by atoms with Gasteiger partial charge >= 0.3 is 0 Å². The SMILES string of the molecule is CC1CCN(S(=O)(=O)c2ccc(Sc3nnc4sc5ccccc5n34)c([N+](=O)[O-])c2)CC1. The first kappa shape index (κ1) is 21.3. The van der Waals surface area contributed by atoms with Gasteiger partial charge in [-0.05, 0) is 54.8 Å². The number of hydrogen-bond donors (Lipinski definition) is 0. The van der Waals surface area contributed by atoms with E-state index in [2.05, 4.69) is 17.1 Å². The molecule has 0 spiro atoms. The standard InChI is InChI=1S/C20H19N5O4S3/c1-13-8-10-23(11-9-13)32(28,29)14-6-7-18(16(12-14)25(26)27)31-20-22-21-19-24(20)15-4-2-3-5-17(15)30-19/h2-7,12-13H,8-11H2,1H3. The van der Waals surface area contributed by atoms with Crippen molar-refractivity contribution in [2.24, 2.45) is 5.92 Å². The molecule has 1 aliphatic heterocycles. The molecule has 0 saturated carbocycles. The molecule has 3 heterocycles. The molecule has 2 aromatic carbocycles. The van der Waals surface area contributed by atoms with Crippen LogP contribution in [0, 0.1) is 16.0 Å². The third kappa shape index (κ3) is 3.66. The fourth-order valence-corrected chi connectivity index (χ4v) is 7.22. The molecule has 2 aromatic heterocycles. The lowest BCUT2D eigenvalue weighted by Crippen LogP contribution is -2.37. The van der Waals surface area contributed by atoms with E-state index in [1.807, 2.05) is 28.7 Å². The molecule has 0 aliphatic carbocycles. The molecule has 0 unspecified atom stereocenters. The Kier molecular flexibility index (Phi) is 5.40. The topological polar surface area (TPSA) is 111 Å². The van der Waals surface area contributed by atoms with Gasteiger partial charge in [-0.15, -0.1) is 10.2 Å². The van der Waals surface area contributed by atoms with Crippen LogP contribution in [-0.4, -0.2) is 45.3 Å². The number of rotatable bonds is 5. The summed E-state index contributed by atoms with van der Waals surface area (Å²) in [7, 11) is -3.79. The molecule has 9 nitrogen and oxygen atoms in total. The Hall–Kier alpha value is -2.54. The smallest absolute Gasteiger partial charge is 0.260 e. The number of aromatic nitrogens is 3. The van der Waals surface area contributed by atoms with Gasteiger partial charge in [0.05, 0.1) is 24.9 Å². The Bertz CT molecular complexity index is 1440. The van der Waals surface area contributed by atoms with Crippen LogP contribution < -0.4 is 0 Å². The summed E-state index contributed by atoms with van der Waals surface area (Å²) in [6.07, 6.45) is 1.57. The van der Waals surface area contributed by atoms with Crippen molar-refractivity contribution >= 4 is 54.0 Å². The van der Waals surface area contributed by atoms with Gasteiger partial charge in [-0.1, -0.05) is 30.4 Å². The molecule has 12 heteroatoms. The van der Waals surface area contributed by atoms with Crippen LogP contribution in [0.15, 0.2) is 57.4 Å². The van der Waals surface area contributed by atoms with E-state index in [-0.39, 0.29) is 10.6 Å². The van der Waals surface area contributed by atoms with E-state index in [1.54, 1.807) is 0 Å². The monoisotopic (exact) mass is 489 g/mol. The van der Waals surface area contributed by atoms with Crippen LogP contribution in [0.4, 0.5) is 5.69 Å². The lowest BCUT2D eigenvalue weighted by atomic mass is 10.0. The van der Waals surface area contributed by atoms with Crippen molar-refractivity contribution in [1.29, 1.82) is 0 Å². The van der Waals surface area contributed by atoms with E-state index < -0.39 is 14.9 Å². The summed E-state index contributed by atoms with van der Waals surface area (Å²) in [4.78, 5) is 12.2. The van der Waals surface area contributed by atoms with Crippen LogP contribution in [0.5, 0.6) is 0 Å². The Balaban J connectivity index is 1.52. The van der Waals surface area contributed by atoms with Crippen molar-refractivity contribution in [2.45, 2.75) is 34.7 Å². The highest BCUT2D eigenvalue weighted by molar-refractivity contribution is 7.99. The Morgan fingerprint density at radius 3 is 2.66 bits per heavy atom. The van der Waals surface area contributed by atoms with Gasteiger partial charge in [0.15, 0.2) is 0 Å². The largest absolute Gasteiger partial charge is 0.284 e. The molecule has 0 amide bonds. The fourth-order valence-electron chi connectivity index (χ4n) is 3.78. The van der Waals surface area contributed by atoms with Crippen molar-refractivity contribution in [1.82, 2.24) is 18.9 Å². The number of thiazole rings is 1. The van der Waals surface area contributed by atoms with E-state index in [4.69, 9.17) is 0 Å². The van der Waals surface area contributed by atoms with Gasteiger partial charge in [0, 0.05) is 19.2 Å². The second-order valence-corrected chi connectivity index (χ2v) is 11.7. The van der Waals surface area contributed by atoms with Crippen molar-refractivity contribution in [3.8, 4) is 0 Å². The third-order valence-electron chi connectivity index (χ3n) is 5.62. The fraction of sp³-hybridized carbons (Fsp3) is 0.300. The number of para-hydroxylation sites is 1. The van der Waals surface area contributed by atoms with Crippen LogP contribution >= 0.6 is 23.1 Å². The van der Waals surface area contributed by atoms with Gasteiger partial charge in [-0.2, -0.15) is 4.31 Å². The average Bonchev–Trinajstić information content (AvgIpc) is 3.34. The number of benzene rings is 2. The molecule has 0 atom stereocenters. The number of fused-ring (bicyclic) bond motifs is 3. The number of sulfonamides is 1. The van der Waals surface area contributed by atoms with E-state index in [0.717, 1.165) is 40.9 Å². The van der Waals surface area contributed by atoms with E-state index >= 15 is 0 Å². The van der Waals surface area contributed by atoms with Crippen molar-refractivity contribution in [3.05, 3.63) is 52.6 Å². The zero-order valence-electron chi connectivity index (χ0n) is 17.0. The van der Waals surface area contributed by atoms with Gasteiger partial charge in [0.25, 0.3) is 5.69 Å². The minimum absolute atomic E-state index is 0.0597. The van der Waals surface area contributed by atoms with Gasteiger partial charge in [-0.25, -0.2) is 8.42 Å². The zero-order valence-corrected chi connectivity index (χ0v) is 19.5. The first-order chi connectivity index (χ1) is 15.3. The highest BCUT2D eigenvalue weighted by atomic mass is 32.2. The van der Waals surface area contributed by atoms with Crippen LogP contribution in [0.25, 0.3) is 15.2 Å². The summed E-state index contributed by atoms with van der Waals surface area (Å²) in [5.41, 5.74) is 0.652. The van der Waals surface area contributed by atoms with Gasteiger partial charge in [0.2, 0.25) is 20.1 Å². The summed E-state index contributed by atoms with van der Waals surface area (Å²) in [5, 5.41) is 20.7. The number of nitrogens with zero attached hydrogens (tertiary/aromatic N) is 5. The molecule has 0 N–H and O–H groups in total. The molecule has 1 fully saturated rings. The predicted molar refractivity (Wildman–Crippen MR) is 123 cm³/mol. The van der Waals surface area contributed by atoms with Gasteiger partial charge < -0.3 is 0 Å². The van der Waals surface area contributed by atoms with E-state index in [9.17, 15) is 18.5 Å². The second kappa shape index (κ2) is 8.10. The first-order valence-corrected chi connectivity index (χ1v) is 13.1. The number of hydrogen-bond acceptors (Lipinski definition) is 8. The Morgan fingerprint density at radius 1 is 1.16 bits per heavy atom. The highest BCUT2D eigenvalue weighted by Crippen LogP contribution is 2.38. The number of piperidine rings is 1. The maximum Gasteiger partial charge on any atom is 0.284 e. The van der Waals surface area contributed by atoms with Crippen LogP contribution in [-0.2, 0) is 10.0 Å². The molecule has 166 valence electrons. The Labute approximate surface area is 192 Å². The quantitative estimate of drug-likeness (QED) is 0.301. The minimum Gasteiger partial charge on any atom is -0.260 e. The Morgan fingerprint density at radius 2 is 1.91 bits per heavy atom. The van der Waals surface area contributed by atoms with Gasteiger partial charge in [-0.3, -0.25) is 14.5 Å². The zero-order chi connectivity index (χ0) is 22.5. The molecular weight excluding hydrogens is 470 g/mol. The molecule has 4 aromatic rings. The highest BCUT2D eigenvalue weighted by Gasteiger charge is 2.30. The molecule has 1 saturated heterocycles. The second-order valence-electron chi connectivity index (χ2n) is 7.75. The first-order valence-electron chi connectivity index (χ1n) is 10.0. The van der Waals surface area contributed by atoms with E-state index in [0.29, 0.717) is 34.0 Å². The summed E-state index contributed by atoms with van der Waals surface area (Å²) in [5.74, 6) is 0.475. The maximum atomic E-state index is 13.1. The maximum absolute atomic E-state index is 13.1. The molecule has 1 aliphatic rings. The number of nitro benzene ring substituents is 1. The summed E-state index contributed by atoms with van der Waals surface area (Å²) in [6, 6.07) is 11.8. The number of nitro groups is 1. The van der Waals surface area contributed by atoms with Crippen molar-refractivity contribution < 1.29 is 13.3 Å². The van der Waals surface area contributed by atoms with Crippen molar-refractivity contribution in [2.75, 3.05) is 13.1 Å². The summed E-state index contributed by atoms with van der Waals surface area (Å²) >= 11 is 2.58. The summed E-state index contributed by atoms with van der Waals surface area (Å²) in [6.45, 7) is 2.95. The van der Waals surface area contributed by atoms with E-state index in [1.165, 1.54) is 27.8 Å². The van der Waals surface area contributed by atoms with Crippen LogP contribution in [0.3, 0.4) is 0 Å². The van der Waals surface area contributed by atoms with Crippen LogP contribution in [0.1, 0.15) is 19.8 Å². The lowest BCUT2D eigenvalue weighted by Gasteiger charge is -2.29. The third-order valence-corrected chi connectivity index (χ3v) is 9.54. The molecule has 32 heavy (non-hydrogen) atoms. The molecule has 0 radical (unpaired) electrons. The molecular formula is C20H19N5O4S3. The van der Waals surface area contributed by atoms with Crippen LogP contribution in [0.2, 0.25) is 0 Å².